The van der Waals surface area contributed by atoms with Crippen LogP contribution in [0.2, 0.25) is 5.02 Å². The molecule has 0 saturated carbocycles. The van der Waals surface area contributed by atoms with Crippen LogP contribution in [0.5, 0.6) is 0 Å². The molecule has 2 aromatic rings. The first-order valence-electron chi connectivity index (χ1n) is 6.95. The lowest BCUT2D eigenvalue weighted by Crippen LogP contribution is -2.12. The second kappa shape index (κ2) is 8.36. The topological polar surface area (TPSA) is 63.2 Å². The molecule has 0 unspecified atom stereocenters. The lowest BCUT2D eigenvalue weighted by atomic mass is 10.2. The van der Waals surface area contributed by atoms with Gasteiger partial charge in [-0.1, -0.05) is 17.7 Å². The number of pyridine rings is 1. The van der Waals surface area contributed by atoms with Crippen molar-refractivity contribution in [2.24, 2.45) is 0 Å². The van der Waals surface area contributed by atoms with Gasteiger partial charge in [-0.25, -0.2) is 4.98 Å². The van der Waals surface area contributed by atoms with Crippen LogP contribution in [0.15, 0.2) is 42.6 Å². The van der Waals surface area contributed by atoms with Crippen LogP contribution in [0.3, 0.4) is 0 Å². The quantitative estimate of drug-likeness (QED) is 0.767. The van der Waals surface area contributed by atoms with E-state index in [0.717, 1.165) is 18.8 Å². The molecular formula is C16H18ClN3O2. The first-order valence-corrected chi connectivity index (χ1v) is 7.32. The van der Waals surface area contributed by atoms with Gasteiger partial charge < -0.3 is 15.4 Å². The summed E-state index contributed by atoms with van der Waals surface area (Å²) in [7, 11) is 1.67. The minimum atomic E-state index is -0.222. The average Bonchev–Trinajstić information content (AvgIpc) is 2.52. The number of ether oxygens (including phenoxy) is 1. The third-order valence-electron chi connectivity index (χ3n) is 2.94. The summed E-state index contributed by atoms with van der Waals surface area (Å²) in [5, 5.41) is 6.52. The monoisotopic (exact) mass is 319 g/mol. The van der Waals surface area contributed by atoms with Crippen LogP contribution in [0, 0.1) is 0 Å². The van der Waals surface area contributed by atoms with Crippen molar-refractivity contribution < 1.29 is 9.53 Å². The van der Waals surface area contributed by atoms with Crippen LogP contribution < -0.4 is 10.6 Å². The molecule has 2 N–H and O–H groups in total. The highest BCUT2D eigenvalue weighted by atomic mass is 35.5. The van der Waals surface area contributed by atoms with E-state index in [4.69, 9.17) is 16.3 Å². The zero-order valence-corrected chi connectivity index (χ0v) is 13.1. The highest BCUT2D eigenvalue weighted by Gasteiger charge is 2.07. The molecule has 0 aliphatic heterocycles. The summed E-state index contributed by atoms with van der Waals surface area (Å²) in [5.74, 6) is 0.510. The van der Waals surface area contributed by atoms with Gasteiger partial charge in [0, 0.05) is 37.2 Å². The summed E-state index contributed by atoms with van der Waals surface area (Å²) >= 11 is 5.89. The van der Waals surface area contributed by atoms with E-state index < -0.39 is 0 Å². The molecule has 0 aliphatic carbocycles. The van der Waals surface area contributed by atoms with Gasteiger partial charge in [-0.2, -0.15) is 0 Å². The molecule has 0 saturated heterocycles. The fraction of sp³-hybridized carbons (Fsp3) is 0.250. The largest absolute Gasteiger partial charge is 0.385 e. The molecule has 5 nitrogen and oxygen atoms in total. The Hall–Kier alpha value is -2.11. The molecular weight excluding hydrogens is 302 g/mol. The number of anilines is 2. The van der Waals surface area contributed by atoms with Crippen molar-refractivity contribution in [3.63, 3.8) is 0 Å². The molecule has 0 atom stereocenters. The first kappa shape index (κ1) is 16.3. The maximum absolute atomic E-state index is 12.1. The molecule has 0 fully saturated rings. The van der Waals surface area contributed by atoms with E-state index in [9.17, 15) is 4.79 Å². The Bertz CT molecular complexity index is 617. The Morgan fingerprint density at radius 3 is 2.86 bits per heavy atom. The smallest absolute Gasteiger partial charge is 0.257 e. The summed E-state index contributed by atoms with van der Waals surface area (Å²) in [6, 6.07) is 10.5. The second-order valence-electron chi connectivity index (χ2n) is 4.67. The van der Waals surface area contributed by atoms with E-state index in [1.165, 1.54) is 0 Å². The number of hydrogen-bond donors (Lipinski definition) is 2. The Balaban J connectivity index is 1.90. The maximum atomic E-state index is 12.1. The fourth-order valence-corrected chi connectivity index (χ4v) is 2.03. The Morgan fingerprint density at radius 1 is 1.32 bits per heavy atom. The number of nitrogens with zero attached hydrogens (tertiary/aromatic N) is 1. The van der Waals surface area contributed by atoms with Crippen LogP contribution >= 0.6 is 11.6 Å². The zero-order valence-electron chi connectivity index (χ0n) is 12.3. The van der Waals surface area contributed by atoms with Crippen LogP contribution in [-0.4, -0.2) is 31.2 Å². The molecule has 0 bridgehead atoms. The SMILES string of the molecule is COCCCNc1ccc(C(=O)Nc2cccc(Cl)c2)cn1. The molecule has 1 aromatic heterocycles. The molecule has 1 aromatic carbocycles. The third kappa shape index (κ3) is 5.02. The molecule has 6 heteroatoms. The standard InChI is InChI=1S/C16H18ClN3O2/c1-22-9-3-8-18-15-7-6-12(11-19-15)16(21)20-14-5-2-4-13(17)10-14/h2,4-7,10-11H,3,8-9H2,1H3,(H,18,19)(H,20,21). The molecule has 1 amide bonds. The summed E-state index contributed by atoms with van der Waals surface area (Å²) in [5.41, 5.74) is 1.14. The number of aromatic nitrogens is 1. The Morgan fingerprint density at radius 2 is 2.18 bits per heavy atom. The normalized spacial score (nSPS) is 10.3. The van der Waals surface area contributed by atoms with Gasteiger partial charge in [0.05, 0.1) is 5.56 Å². The number of halogens is 1. The van der Waals surface area contributed by atoms with E-state index >= 15 is 0 Å². The molecule has 22 heavy (non-hydrogen) atoms. The molecule has 0 aliphatic rings. The van der Waals surface area contributed by atoms with Gasteiger partial charge in [-0.15, -0.1) is 0 Å². The van der Waals surface area contributed by atoms with Crippen LogP contribution in [0.25, 0.3) is 0 Å². The molecule has 0 radical (unpaired) electrons. The zero-order chi connectivity index (χ0) is 15.8. The van der Waals surface area contributed by atoms with Gasteiger partial charge in [0.1, 0.15) is 5.82 Å². The van der Waals surface area contributed by atoms with Crippen molar-refractivity contribution in [2.45, 2.75) is 6.42 Å². The summed E-state index contributed by atoms with van der Waals surface area (Å²) < 4.78 is 4.97. The molecule has 1 heterocycles. The van der Waals surface area contributed by atoms with Gasteiger partial charge in [0.25, 0.3) is 5.91 Å². The van der Waals surface area contributed by atoms with Gasteiger partial charge >= 0.3 is 0 Å². The summed E-state index contributed by atoms with van der Waals surface area (Å²) in [4.78, 5) is 16.3. The predicted molar refractivity (Wildman–Crippen MR) is 88.6 cm³/mol. The molecule has 116 valence electrons. The van der Waals surface area contributed by atoms with Crippen LogP contribution in [0.1, 0.15) is 16.8 Å². The minimum absolute atomic E-state index is 0.222. The van der Waals surface area contributed by atoms with Gasteiger partial charge in [-0.05, 0) is 36.8 Å². The second-order valence-corrected chi connectivity index (χ2v) is 5.11. The van der Waals surface area contributed by atoms with Crippen molar-refractivity contribution in [3.8, 4) is 0 Å². The number of rotatable bonds is 7. The van der Waals surface area contributed by atoms with Crippen molar-refractivity contribution in [3.05, 3.63) is 53.2 Å². The predicted octanol–water partition coefficient (Wildman–Crippen LogP) is 3.44. The maximum Gasteiger partial charge on any atom is 0.257 e. The summed E-state index contributed by atoms with van der Waals surface area (Å²) in [6.07, 6.45) is 2.44. The van der Waals surface area contributed by atoms with E-state index in [1.54, 1.807) is 49.7 Å². The van der Waals surface area contributed by atoms with Crippen LogP contribution in [0.4, 0.5) is 11.5 Å². The van der Waals surface area contributed by atoms with Crippen molar-refractivity contribution in [2.75, 3.05) is 30.9 Å². The van der Waals surface area contributed by atoms with E-state index in [-0.39, 0.29) is 5.91 Å². The third-order valence-corrected chi connectivity index (χ3v) is 3.17. The number of methoxy groups -OCH3 is 1. The number of nitrogens with one attached hydrogen (secondary N) is 2. The average molecular weight is 320 g/mol. The van der Waals surface area contributed by atoms with Gasteiger partial charge in [0.2, 0.25) is 0 Å². The van der Waals surface area contributed by atoms with Gasteiger partial charge in [-0.3, -0.25) is 4.79 Å². The number of amides is 1. The summed E-state index contributed by atoms with van der Waals surface area (Å²) in [6.45, 7) is 1.47. The van der Waals surface area contributed by atoms with Crippen LogP contribution in [-0.2, 0) is 4.74 Å². The highest BCUT2D eigenvalue weighted by molar-refractivity contribution is 6.30. The van der Waals surface area contributed by atoms with Crippen molar-refractivity contribution in [1.29, 1.82) is 0 Å². The number of carbonyl (C=O) groups is 1. The first-order chi connectivity index (χ1) is 10.7. The number of carbonyl (C=O) groups excluding carboxylic acids is 1. The number of hydrogen-bond acceptors (Lipinski definition) is 4. The van der Waals surface area contributed by atoms with Crippen molar-refractivity contribution in [1.82, 2.24) is 4.98 Å². The van der Waals surface area contributed by atoms with E-state index in [1.807, 2.05) is 0 Å². The van der Waals surface area contributed by atoms with Gasteiger partial charge in [0.15, 0.2) is 0 Å². The minimum Gasteiger partial charge on any atom is -0.385 e. The Labute approximate surface area is 134 Å². The molecule has 0 spiro atoms. The van der Waals surface area contributed by atoms with Crippen molar-refractivity contribution >= 4 is 29.0 Å². The lowest BCUT2D eigenvalue weighted by molar-refractivity contribution is 0.102. The fourth-order valence-electron chi connectivity index (χ4n) is 1.84. The highest BCUT2D eigenvalue weighted by Crippen LogP contribution is 2.16. The number of benzene rings is 1. The Kier molecular flexibility index (Phi) is 6.18. The van der Waals surface area contributed by atoms with E-state index in [2.05, 4.69) is 15.6 Å². The lowest BCUT2D eigenvalue weighted by Gasteiger charge is -2.07. The van der Waals surface area contributed by atoms with E-state index in [0.29, 0.717) is 22.9 Å². The molecule has 2 rings (SSSR count).